The minimum Gasteiger partial charge on any atom is -0.361 e. The van der Waals surface area contributed by atoms with E-state index in [1.807, 2.05) is 28.1 Å². The smallest absolute Gasteiger partial charge is 0.259 e. The van der Waals surface area contributed by atoms with Crippen molar-refractivity contribution in [3.63, 3.8) is 0 Å². The van der Waals surface area contributed by atoms with Crippen LogP contribution in [0.5, 0.6) is 0 Å². The van der Waals surface area contributed by atoms with Gasteiger partial charge >= 0.3 is 0 Å². The zero-order valence-corrected chi connectivity index (χ0v) is 16.5. The molecule has 2 aromatic rings. The molecule has 2 aromatic heterocycles. The van der Waals surface area contributed by atoms with Gasteiger partial charge in [0.2, 0.25) is 5.91 Å². The highest BCUT2D eigenvalue weighted by Gasteiger charge is 2.42. The largest absolute Gasteiger partial charge is 0.361 e. The summed E-state index contributed by atoms with van der Waals surface area (Å²) < 4.78 is 5.15. The number of nitrogens with zero attached hydrogens (tertiary/aromatic N) is 4. The minimum atomic E-state index is 0.00482. The van der Waals surface area contributed by atoms with Crippen LogP contribution in [0.15, 0.2) is 29.0 Å². The SMILES string of the molecule is Cc1noc(C)c1C(=O)N1CCC2(CCC(=O)N(Cc3cccnc3)C2)CC1. The van der Waals surface area contributed by atoms with Crippen molar-refractivity contribution < 1.29 is 14.1 Å². The van der Waals surface area contributed by atoms with Crippen LogP contribution >= 0.6 is 0 Å². The summed E-state index contributed by atoms with van der Waals surface area (Å²) in [6, 6.07) is 3.91. The monoisotopic (exact) mass is 382 g/mol. The first-order chi connectivity index (χ1) is 13.5. The third-order valence-electron chi connectivity index (χ3n) is 6.20. The molecular weight excluding hydrogens is 356 g/mol. The van der Waals surface area contributed by atoms with Gasteiger partial charge in [-0.3, -0.25) is 14.6 Å². The third kappa shape index (κ3) is 3.53. The van der Waals surface area contributed by atoms with Gasteiger partial charge in [-0.15, -0.1) is 0 Å². The number of carbonyl (C=O) groups is 2. The lowest BCUT2D eigenvalue weighted by Gasteiger charge is -2.47. The fourth-order valence-corrected chi connectivity index (χ4v) is 4.50. The first kappa shape index (κ1) is 18.7. The van der Waals surface area contributed by atoms with Gasteiger partial charge in [-0.1, -0.05) is 11.2 Å². The Morgan fingerprint density at radius 3 is 2.68 bits per heavy atom. The van der Waals surface area contributed by atoms with Gasteiger partial charge in [-0.05, 0) is 50.2 Å². The standard InChI is InChI=1S/C21H26N4O3/c1-15-19(16(2)28-23-15)20(27)24-10-7-21(8-11-24)6-5-18(26)25(14-21)13-17-4-3-9-22-12-17/h3-4,9,12H,5-8,10-11,13-14H2,1-2H3. The lowest BCUT2D eigenvalue weighted by Crippen LogP contribution is -2.52. The summed E-state index contributed by atoms with van der Waals surface area (Å²) in [6.45, 7) is 6.36. The van der Waals surface area contributed by atoms with E-state index < -0.39 is 0 Å². The van der Waals surface area contributed by atoms with Gasteiger partial charge in [0.1, 0.15) is 11.3 Å². The van der Waals surface area contributed by atoms with Gasteiger partial charge in [0.25, 0.3) is 5.91 Å². The molecule has 0 unspecified atom stereocenters. The van der Waals surface area contributed by atoms with Crippen LogP contribution in [0.2, 0.25) is 0 Å². The number of hydrogen-bond donors (Lipinski definition) is 0. The molecule has 148 valence electrons. The second-order valence-electron chi connectivity index (χ2n) is 8.10. The molecule has 0 saturated carbocycles. The number of hydrogen-bond acceptors (Lipinski definition) is 5. The summed E-state index contributed by atoms with van der Waals surface area (Å²) in [7, 11) is 0. The average Bonchev–Trinajstić information content (AvgIpc) is 3.04. The Morgan fingerprint density at radius 1 is 1.25 bits per heavy atom. The fourth-order valence-electron chi connectivity index (χ4n) is 4.50. The van der Waals surface area contributed by atoms with Crippen molar-refractivity contribution in [2.45, 2.75) is 46.1 Å². The lowest BCUT2D eigenvalue weighted by atomic mass is 9.72. The van der Waals surface area contributed by atoms with E-state index in [0.29, 0.717) is 43.1 Å². The molecular formula is C21H26N4O3. The Bertz CT molecular complexity index is 850. The zero-order valence-electron chi connectivity index (χ0n) is 16.5. The molecule has 7 nitrogen and oxygen atoms in total. The normalized spacial score (nSPS) is 19.3. The molecule has 4 rings (SSSR count). The van der Waals surface area contributed by atoms with Crippen molar-refractivity contribution in [3.05, 3.63) is 47.1 Å². The highest BCUT2D eigenvalue weighted by Crippen LogP contribution is 2.41. The summed E-state index contributed by atoms with van der Waals surface area (Å²) in [5.41, 5.74) is 2.40. The van der Waals surface area contributed by atoms with E-state index in [1.54, 1.807) is 20.0 Å². The molecule has 0 radical (unpaired) electrons. The number of rotatable bonds is 3. The van der Waals surface area contributed by atoms with E-state index >= 15 is 0 Å². The van der Waals surface area contributed by atoms with Crippen LogP contribution in [0, 0.1) is 19.3 Å². The van der Waals surface area contributed by atoms with Gasteiger partial charge in [-0.25, -0.2) is 0 Å². The third-order valence-corrected chi connectivity index (χ3v) is 6.20. The van der Waals surface area contributed by atoms with Gasteiger partial charge < -0.3 is 14.3 Å². The maximum absolute atomic E-state index is 12.9. The van der Waals surface area contributed by atoms with Crippen LogP contribution in [-0.4, -0.2) is 51.4 Å². The van der Waals surface area contributed by atoms with Crippen LogP contribution in [0.1, 0.15) is 53.1 Å². The summed E-state index contributed by atoms with van der Waals surface area (Å²) in [4.78, 5) is 33.4. The Morgan fingerprint density at radius 2 is 2.04 bits per heavy atom. The molecule has 7 heteroatoms. The number of piperidine rings is 2. The number of aryl methyl sites for hydroxylation is 2. The number of amides is 2. The Hall–Kier alpha value is -2.70. The molecule has 2 aliphatic heterocycles. The number of aromatic nitrogens is 2. The van der Waals surface area contributed by atoms with Crippen molar-refractivity contribution in [1.29, 1.82) is 0 Å². The maximum Gasteiger partial charge on any atom is 0.259 e. The Labute approximate surface area is 164 Å². The molecule has 4 heterocycles. The first-order valence-corrected chi connectivity index (χ1v) is 9.86. The second kappa shape index (κ2) is 7.37. The van der Waals surface area contributed by atoms with Crippen molar-refractivity contribution in [2.75, 3.05) is 19.6 Å². The number of likely N-dealkylation sites (tertiary alicyclic amines) is 2. The molecule has 0 atom stereocenters. The molecule has 28 heavy (non-hydrogen) atoms. The zero-order chi connectivity index (χ0) is 19.7. The fraction of sp³-hybridized carbons (Fsp3) is 0.524. The van der Waals surface area contributed by atoms with Gasteiger partial charge in [-0.2, -0.15) is 0 Å². The second-order valence-corrected chi connectivity index (χ2v) is 8.10. The molecule has 0 N–H and O–H groups in total. The molecule has 0 aromatic carbocycles. The van der Waals surface area contributed by atoms with Crippen LogP contribution < -0.4 is 0 Å². The van der Waals surface area contributed by atoms with Gasteiger partial charge in [0.05, 0.1) is 5.69 Å². The number of carbonyl (C=O) groups excluding carboxylic acids is 2. The highest BCUT2D eigenvalue weighted by atomic mass is 16.5. The van der Waals surface area contributed by atoms with Gasteiger partial charge in [0.15, 0.2) is 0 Å². The maximum atomic E-state index is 12.9. The average molecular weight is 382 g/mol. The summed E-state index contributed by atoms with van der Waals surface area (Å²) in [6.07, 6.45) is 6.88. The quantitative estimate of drug-likeness (QED) is 0.815. The van der Waals surface area contributed by atoms with Crippen molar-refractivity contribution in [1.82, 2.24) is 19.9 Å². The van der Waals surface area contributed by atoms with Crippen LogP contribution in [0.3, 0.4) is 0 Å². The molecule has 2 fully saturated rings. The molecule has 1 spiro atoms. The van der Waals surface area contributed by atoms with E-state index in [2.05, 4.69) is 10.1 Å². The van der Waals surface area contributed by atoms with E-state index in [0.717, 1.165) is 31.4 Å². The molecule has 2 aliphatic rings. The summed E-state index contributed by atoms with van der Waals surface area (Å²) in [5, 5.41) is 3.90. The van der Waals surface area contributed by atoms with Crippen LogP contribution in [-0.2, 0) is 11.3 Å². The summed E-state index contributed by atoms with van der Waals surface area (Å²) in [5.74, 6) is 0.794. The Kier molecular flexibility index (Phi) is 4.91. The van der Waals surface area contributed by atoms with E-state index in [9.17, 15) is 9.59 Å². The molecule has 2 amide bonds. The molecule has 2 saturated heterocycles. The van der Waals surface area contributed by atoms with E-state index in [1.165, 1.54) is 0 Å². The van der Waals surface area contributed by atoms with Crippen molar-refractivity contribution in [2.24, 2.45) is 5.41 Å². The lowest BCUT2D eigenvalue weighted by molar-refractivity contribution is -0.139. The van der Waals surface area contributed by atoms with E-state index in [-0.39, 0.29) is 17.2 Å². The van der Waals surface area contributed by atoms with Crippen molar-refractivity contribution >= 4 is 11.8 Å². The summed E-state index contributed by atoms with van der Waals surface area (Å²) >= 11 is 0. The topological polar surface area (TPSA) is 79.5 Å². The minimum absolute atomic E-state index is 0.00482. The van der Waals surface area contributed by atoms with Crippen LogP contribution in [0.25, 0.3) is 0 Å². The predicted molar refractivity (Wildman–Crippen MR) is 102 cm³/mol. The molecule has 0 bridgehead atoms. The first-order valence-electron chi connectivity index (χ1n) is 9.86. The van der Waals surface area contributed by atoms with E-state index in [4.69, 9.17) is 4.52 Å². The highest BCUT2D eigenvalue weighted by molar-refractivity contribution is 5.96. The van der Waals surface area contributed by atoms with Crippen LogP contribution in [0.4, 0.5) is 0 Å². The van der Waals surface area contributed by atoms with Crippen molar-refractivity contribution in [3.8, 4) is 0 Å². The molecule has 0 aliphatic carbocycles. The number of pyridine rings is 1. The van der Waals surface area contributed by atoms with Gasteiger partial charge in [0, 0.05) is 45.0 Å². The predicted octanol–water partition coefficient (Wildman–Crippen LogP) is 2.73. The Balaban J connectivity index is 1.42.